The minimum Gasteiger partial charge on any atom is -0.344 e. The molecule has 2 aliphatic rings. The van der Waals surface area contributed by atoms with E-state index in [1.54, 1.807) is 0 Å². The lowest BCUT2D eigenvalue weighted by molar-refractivity contribution is 0.630. The minimum atomic E-state index is -0.173. The fraction of sp³-hybridized carbons (Fsp3) is 0.129. The van der Waals surface area contributed by atoms with E-state index in [0.29, 0.717) is 0 Å². The van der Waals surface area contributed by atoms with E-state index in [1.807, 2.05) is 0 Å². The zero-order valence-corrected chi connectivity index (χ0v) is 37.4. The van der Waals surface area contributed by atoms with Crippen molar-refractivity contribution in [3.8, 4) is 44.5 Å². The second-order valence-corrected chi connectivity index (χ2v) is 19.0. The molecule has 12 rings (SSSR count). The van der Waals surface area contributed by atoms with Gasteiger partial charge < -0.3 is 9.80 Å². The lowest BCUT2D eigenvalue weighted by Gasteiger charge is -2.41. The highest BCUT2D eigenvalue weighted by molar-refractivity contribution is 6.21. The Morgan fingerprint density at radius 3 is 1.31 bits per heavy atom. The molecule has 0 aromatic heterocycles. The molecule has 2 nitrogen and oxygen atoms in total. The van der Waals surface area contributed by atoms with Gasteiger partial charge in [0, 0.05) is 47.4 Å². The summed E-state index contributed by atoms with van der Waals surface area (Å²) in [7, 11) is 4.49. The van der Waals surface area contributed by atoms with Crippen molar-refractivity contribution in [3.63, 3.8) is 0 Å². The maximum Gasteiger partial charge on any atom is 0.0529 e. The first-order valence-corrected chi connectivity index (χ1v) is 22.6. The largest absolute Gasteiger partial charge is 0.344 e. The maximum atomic E-state index is 2.51. The third-order valence-electron chi connectivity index (χ3n) is 14.8. The molecular weight excluding hydrogens is 773 g/mol. The van der Waals surface area contributed by atoms with E-state index in [1.165, 1.54) is 122 Å². The summed E-state index contributed by atoms with van der Waals surface area (Å²) in [6.45, 7) is 9.51. The molecule has 0 radical (unpaired) electrons. The number of nitrogens with zero attached hydrogens (tertiary/aromatic N) is 2. The number of fused-ring (bicyclic) bond motifs is 7. The molecule has 0 atom stereocenters. The summed E-state index contributed by atoms with van der Waals surface area (Å²) in [5, 5.41) is 7.47. The number of para-hydroxylation sites is 4. The second kappa shape index (κ2) is 14.0. The number of hydrogen-bond acceptors (Lipinski definition) is 2. The van der Waals surface area contributed by atoms with Gasteiger partial charge in [0.15, 0.2) is 0 Å². The highest BCUT2D eigenvalue weighted by atomic mass is 15.1. The van der Waals surface area contributed by atoms with Gasteiger partial charge in [-0.25, -0.2) is 0 Å². The number of hydrogen-bond donors (Lipinski definition) is 0. The van der Waals surface area contributed by atoms with Gasteiger partial charge in [0.1, 0.15) is 0 Å². The predicted molar refractivity (Wildman–Crippen MR) is 274 cm³/mol. The van der Waals surface area contributed by atoms with Crippen molar-refractivity contribution in [1.82, 2.24) is 0 Å². The van der Waals surface area contributed by atoms with Crippen LogP contribution in [0.1, 0.15) is 49.9 Å². The summed E-state index contributed by atoms with van der Waals surface area (Å²) in [6.07, 6.45) is 0. The summed E-state index contributed by atoms with van der Waals surface area (Å²) in [6, 6.07) is 72.8. The van der Waals surface area contributed by atoms with E-state index in [4.69, 9.17) is 0 Å². The average Bonchev–Trinajstić information content (AvgIpc) is 3.33. The maximum absolute atomic E-state index is 2.51. The van der Waals surface area contributed by atoms with Crippen molar-refractivity contribution in [3.05, 3.63) is 216 Å². The Bertz CT molecular complexity index is 3370. The molecule has 0 saturated carbocycles. The van der Waals surface area contributed by atoms with Gasteiger partial charge >= 0.3 is 0 Å². The van der Waals surface area contributed by atoms with Crippen molar-refractivity contribution in [2.75, 3.05) is 23.9 Å². The molecule has 10 aromatic carbocycles. The van der Waals surface area contributed by atoms with Crippen molar-refractivity contribution in [2.45, 2.75) is 38.5 Å². The standard InChI is InChI=1S/C62H50N2/c1-61(2)52-30-12-14-34-56(52)63(5)59-47(28-18-32-54(59)61)43-24-16-26-45-50(43)38-51-44(48-29-19-33-55-60(48)64(6)57-35-15-13-31-53(57)62(55,3)4)25-17-27-46(51)58(45)41-36-40-22-10-11-23-42(40)49(37-41)39-20-8-7-9-21-39/h7-38H,1-6H3. The van der Waals surface area contributed by atoms with Crippen LogP contribution in [0.4, 0.5) is 22.7 Å². The van der Waals surface area contributed by atoms with E-state index in [0.717, 1.165) is 0 Å². The lowest BCUT2D eigenvalue weighted by atomic mass is 9.72. The van der Waals surface area contributed by atoms with Gasteiger partial charge in [-0.15, -0.1) is 0 Å². The Morgan fingerprint density at radius 1 is 0.312 bits per heavy atom. The smallest absolute Gasteiger partial charge is 0.0529 e. The molecule has 0 bridgehead atoms. The fourth-order valence-corrected chi connectivity index (χ4v) is 11.6. The normalized spacial score (nSPS) is 14.6. The van der Waals surface area contributed by atoms with Gasteiger partial charge in [0.05, 0.1) is 11.4 Å². The van der Waals surface area contributed by atoms with Crippen molar-refractivity contribution in [1.29, 1.82) is 0 Å². The monoisotopic (exact) mass is 822 g/mol. The molecule has 0 N–H and O–H groups in total. The van der Waals surface area contributed by atoms with Crippen molar-refractivity contribution in [2.24, 2.45) is 0 Å². The number of benzene rings is 10. The molecule has 2 aliphatic heterocycles. The van der Waals surface area contributed by atoms with Crippen molar-refractivity contribution >= 4 is 55.1 Å². The van der Waals surface area contributed by atoms with Gasteiger partial charge in [-0.2, -0.15) is 0 Å². The highest BCUT2D eigenvalue weighted by Crippen LogP contribution is 2.55. The SMILES string of the molecule is CN1c2ccccc2C(C)(C)c2cccc(-c3cccc4c(-c5cc(-c6ccccc6)c6ccccc6c5)c5cccc(-c6cccc7c6N(C)c6ccccc6C7(C)C)c5cc34)c21. The molecule has 308 valence electrons. The molecule has 0 fully saturated rings. The van der Waals surface area contributed by atoms with E-state index in [9.17, 15) is 0 Å². The number of rotatable bonds is 4. The Hall–Kier alpha value is -7.42. The molecule has 2 heterocycles. The summed E-state index contributed by atoms with van der Waals surface area (Å²) >= 11 is 0. The molecular formula is C62H50N2. The second-order valence-electron chi connectivity index (χ2n) is 19.0. The predicted octanol–water partition coefficient (Wildman–Crippen LogP) is 16.6. The average molecular weight is 823 g/mol. The van der Waals surface area contributed by atoms with Crippen LogP contribution in [-0.2, 0) is 10.8 Å². The van der Waals surface area contributed by atoms with Gasteiger partial charge in [-0.05, 0) is 118 Å². The molecule has 0 aliphatic carbocycles. The van der Waals surface area contributed by atoms with Crippen LogP contribution in [0.5, 0.6) is 0 Å². The quantitative estimate of drug-likeness (QED) is 0.163. The van der Waals surface area contributed by atoms with Crippen LogP contribution in [0.15, 0.2) is 194 Å². The van der Waals surface area contributed by atoms with Crippen LogP contribution < -0.4 is 9.80 Å². The van der Waals surface area contributed by atoms with Crippen LogP contribution in [0.3, 0.4) is 0 Å². The van der Waals surface area contributed by atoms with Crippen LogP contribution in [-0.4, -0.2) is 14.1 Å². The van der Waals surface area contributed by atoms with Gasteiger partial charge in [0.25, 0.3) is 0 Å². The van der Waals surface area contributed by atoms with Crippen LogP contribution in [0.2, 0.25) is 0 Å². The molecule has 0 saturated heterocycles. The molecule has 2 heteroatoms. The van der Waals surface area contributed by atoms with E-state index in [-0.39, 0.29) is 10.8 Å². The Labute approximate surface area is 376 Å². The number of anilines is 4. The topological polar surface area (TPSA) is 6.48 Å². The Kier molecular flexibility index (Phi) is 8.40. The van der Waals surface area contributed by atoms with Crippen molar-refractivity contribution < 1.29 is 0 Å². The van der Waals surface area contributed by atoms with Gasteiger partial charge in [-0.1, -0.05) is 191 Å². The first-order valence-electron chi connectivity index (χ1n) is 22.6. The first kappa shape index (κ1) is 38.3. The van der Waals surface area contributed by atoms with Gasteiger partial charge in [-0.3, -0.25) is 0 Å². The molecule has 0 unspecified atom stereocenters. The molecule has 0 spiro atoms. The zero-order chi connectivity index (χ0) is 43.5. The third kappa shape index (κ3) is 5.45. The minimum absolute atomic E-state index is 0.173. The molecule has 64 heavy (non-hydrogen) atoms. The lowest BCUT2D eigenvalue weighted by Crippen LogP contribution is -2.31. The molecule has 10 aromatic rings. The fourth-order valence-electron chi connectivity index (χ4n) is 11.6. The Morgan fingerprint density at radius 2 is 0.750 bits per heavy atom. The molecule has 0 amide bonds. The van der Waals surface area contributed by atoms with E-state index >= 15 is 0 Å². The van der Waals surface area contributed by atoms with E-state index in [2.05, 4.69) is 246 Å². The summed E-state index contributed by atoms with van der Waals surface area (Å²) in [5.41, 5.74) is 20.0. The summed E-state index contributed by atoms with van der Waals surface area (Å²) in [5.74, 6) is 0. The van der Waals surface area contributed by atoms with Crippen LogP contribution in [0.25, 0.3) is 76.8 Å². The Balaban J connectivity index is 1.20. The van der Waals surface area contributed by atoms with E-state index < -0.39 is 0 Å². The third-order valence-corrected chi connectivity index (χ3v) is 14.8. The summed E-state index contributed by atoms with van der Waals surface area (Å²) < 4.78 is 0. The summed E-state index contributed by atoms with van der Waals surface area (Å²) in [4.78, 5) is 4.86. The van der Waals surface area contributed by atoms with Crippen LogP contribution >= 0.6 is 0 Å². The van der Waals surface area contributed by atoms with Gasteiger partial charge in [0.2, 0.25) is 0 Å². The first-order chi connectivity index (χ1) is 31.1. The highest BCUT2D eigenvalue weighted by Gasteiger charge is 2.38. The van der Waals surface area contributed by atoms with Crippen LogP contribution in [0, 0.1) is 0 Å². The zero-order valence-electron chi connectivity index (χ0n) is 37.4.